The molecule has 0 saturated carbocycles. The molecule has 15 heavy (non-hydrogen) atoms. The van der Waals surface area contributed by atoms with Crippen molar-refractivity contribution < 1.29 is 9.52 Å². The van der Waals surface area contributed by atoms with Crippen LogP contribution in [0.4, 0.5) is 11.4 Å². The first-order chi connectivity index (χ1) is 7.40. The molecule has 4 nitrogen and oxygen atoms in total. The third kappa shape index (κ3) is 1.69. The number of furan rings is 1. The van der Waals surface area contributed by atoms with E-state index >= 15 is 0 Å². The van der Waals surface area contributed by atoms with Gasteiger partial charge in [0.05, 0.1) is 5.69 Å². The third-order valence-corrected chi connectivity index (χ3v) is 2.93. The quantitative estimate of drug-likeness (QED) is 0.728. The summed E-state index contributed by atoms with van der Waals surface area (Å²) in [6, 6.07) is 0. The Hall–Kier alpha value is -1.16. The summed E-state index contributed by atoms with van der Waals surface area (Å²) in [5.41, 5.74) is 2.53. The minimum atomic E-state index is 0.235. The van der Waals surface area contributed by atoms with Gasteiger partial charge in [-0.25, -0.2) is 0 Å². The second-order valence-corrected chi connectivity index (χ2v) is 4.19. The standard InChI is InChI=1S/C11H16N2O2/c14-7-1-2-10-11(13-5-6-13)9(8-15-10)12-3-4-12/h8,14H,1-7H2. The summed E-state index contributed by atoms with van der Waals surface area (Å²) < 4.78 is 5.61. The highest BCUT2D eigenvalue weighted by molar-refractivity contribution is 5.77. The molecule has 1 aromatic heterocycles. The van der Waals surface area contributed by atoms with Crippen molar-refractivity contribution in [3.05, 3.63) is 12.0 Å². The molecule has 0 atom stereocenters. The van der Waals surface area contributed by atoms with E-state index < -0.39 is 0 Å². The maximum Gasteiger partial charge on any atom is 0.129 e. The van der Waals surface area contributed by atoms with Crippen LogP contribution in [0.1, 0.15) is 12.2 Å². The zero-order chi connectivity index (χ0) is 10.3. The lowest BCUT2D eigenvalue weighted by Gasteiger charge is -2.07. The molecule has 1 aromatic rings. The first kappa shape index (κ1) is 9.09. The predicted octanol–water partition coefficient (Wildman–Crippen LogP) is 0.845. The highest BCUT2D eigenvalue weighted by atomic mass is 16.3. The maximum atomic E-state index is 8.84. The van der Waals surface area contributed by atoms with Crippen molar-refractivity contribution in [2.45, 2.75) is 12.8 Å². The Bertz CT molecular complexity index is 353. The Balaban J connectivity index is 1.85. The lowest BCUT2D eigenvalue weighted by molar-refractivity contribution is 0.284. The number of hydrogen-bond donors (Lipinski definition) is 1. The summed E-state index contributed by atoms with van der Waals surface area (Å²) in [5, 5.41) is 8.84. The fourth-order valence-corrected chi connectivity index (χ4v) is 1.93. The maximum absolute atomic E-state index is 8.84. The van der Waals surface area contributed by atoms with E-state index in [-0.39, 0.29) is 6.61 Å². The van der Waals surface area contributed by atoms with Crippen molar-refractivity contribution in [2.75, 3.05) is 42.6 Å². The number of anilines is 2. The van der Waals surface area contributed by atoms with Gasteiger partial charge in [0.2, 0.25) is 0 Å². The van der Waals surface area contributed by atoms with Crippen LogP contribution in [0.2, 0.25) is 0 Å². The highest BCUT2D eigenvalue weighted by Crippen LogP contribution is 2.41. The van der Waals surface area contributed by atoms with E-state index in [1.807, 2.05) is 6.26 Å². The van der Waals surface area contributed by atoms with E-state index in [1.54, 1.807) is 0 Å². The average Bonchev–Trinajstić information content (AvgIpc) is 3.13. The number of rotatable bonds is 5. The molecule has 4 heteroatoms. The normalized spacial score (nSPS) is 18.5. The molecule has 1 N–H and O–H groups in total. The fraction of sp³-hybridized carbons (Fsp3) is 0.636. The Morgan fingerprint density at radius 1 is 1.20 bits per heavy atom. The molecule has 0 aromatic carbocycles. The zero-order valence-corrected chi connectivity index (χ0v) is 8.78. The molecule has 2 fully saturated rings. The van der Waals surface area contributed by atoms with Crippen molar-refractivity contribution in [1.29, 1.82) is 0 Å². The molecule has 0 unspecified atom stereocenters. The lowest BCUT2D eigenvalue weighted by Crippen LogP contribution is -2.00. The monoisotopic (exact) mass is 208 g/mol. The van der Waals surface area contributed by atoms with Gasteiger partial charge in [0, 0.05) is 39.2 Å². The van der Waals surface area contributed by atoms with Crippen LogP contribution in [-0.2, 0) is 6.42 Å². The van der Waals surface area contributed by atoms with E-state index in [0.29, 0.717) is 0 Å². The summed E-state index contributed by atoms with van der Waals surface area (Å²) >= 11 is 0. The van der Waals surface area contributed by atoms with Gasteiger partial charge in [0.15, 0.2) is 0 Å². The number of hydrogen-bond acceptors (Lipinski definition) is 4. The van der Waals surface area contributed by atoms with Gasteiger partial charge >= 0.3 is 0 Å². The van der Waals surface area contributed by atoms with Crippen LogP contribution in [-0.4, -0.2) is 37.9 Å². The minimum absolute atomic E-state index is 0.235. The lowest BCUT2D eigenvalue weighted by atomic mass is 10.2. The molecule has 2 saturated heterocycles. The first-order valence-electron chi connectivity index (χ1n) is 5.61. The van der Waals surface area contributed by atoms with Crippen molar-refractivity contribution in [3.8, 4) is 0 Å². The van der Waals surface area contributed by atoms with Crippen LogP contribution >= 0.6 is 0 Å². The predicted molar refractivity (Wildman–Crippen MR) is 58.5 cm³/mol. The molecule has 82 valence electrons. The fourth-order valence-electron chi connectivity index (χ4n) is 1.93. The molecular formula is C11H16N2O2. The summed E-state index contributed by atoms with van der Waals surface area (Å²) in [6.07, 6.45) is 3.50. The van der Waals surface area contributed by atoms with Gasteiger partial charge in [0.1, 0.15) is 17.7 Å². The molecule has 0 spiro atoms. The van der Waals surface area contributed by atoms with Gasteiger partial charge in [0.25, 0.3) is 0 Å². The molecule has 0 aliphatic carbocycles. The second-order valence-electron chi connectivity index (χ2n) is 4.19. The van der Waals surface area contributed by atoms with E-state index in [4.69, 9.17) is 9.52 Å². The number of nitrogens with zero attached hydrogens (tertiary/aromatic N) is 2. The molecule has 2 aliphatic heterocycles. The summed E-state index contributed by atoms with van der Waals surface area (Å²) in [7, 11) is 0. The van der Waals surface area contributed by atoms with Crippen LogP contribution in [0.25, 0.3) is 0 Å². The van der Waals surface area contributed by atoms with Gasteiger partial charge in [-0.05, 0) is 6.42 Å². The van der Waals surface area contributed by atoms with Crippen LogP contribution < -0.4 is 9.80 Å². The number of aliphatic hydroxyl groups excluding tert-OH is 1. The van der Waals surface area contributed by atoms with Crippen LogP contribution in [0.5, 0.6) is 0 Å². The largest absolute Gasteiger partial charge is 0.465 e. The van der Waals surface area contributed by atoms with Gasteiger partial charge in [-0.3, -0.25) is 0 Å². The molecule has 3 rings (SSSR count). The Morgan fingerprint density at radius 2 is 1.93 bits per heavy atom. The van der Waals surface area contributed by atoms with Crippen LogP contribution in [0.15, 0.2) is 10.7 Å². The van der Waals surface area contributed by atoms with Crippen LogP contribution in [0, 0.1) is 0 Å². The van der Waals surface area contributed by atoms with Crippen molar-refractivity contribution in [1.82, 2.24) is 0 Å². The Kier molecular flexibility index (Phi) is 2.09. The van der Waals surface area contributed by atoms with Crippen LogP contribution in [0.3, 0.4) is 0 Å². The van der Waals surface area contributed by atoms with E-state index in [2.05, 4.69) is 9.80 Å². The van der Waals surface area contributed by atoms with Gasteiger partial charge in [-0.1, -0.05) is 0 Å². The van der Waals surface area contributed by atoms with E-state index in [0.717, 1.165) is 44.8 Å². The Labute approximate surface area is 89.1 Å². The third-order valence-electron chi connectivity index (χ3n) is 2.93. The van der Waals surface area contributed by atoms with Gasteiger partial charge in [-0.2, -0.15) is 0 Å². The molecule has 0 bridgehead atoms. The number of aryl methyl sites for hydroxylation is 1. The summed E-state index contributed by atoms with van der Waals surface area (Å²) in [6.45, 7) is 4.83. The summed E-state index contributed by atoms with van der Waals surface area (Å²) in [5.74, 6) is 1.04. The van der Waals surface area contributed by atoms with Crippen molar-refractivity contribution in [2.24, 2.45) is 0 Å². The van der Waals surface area contributed by atoms with Gasteiger partial charge < -0.3 is 19.3 Å². The minimum Gasteiger partial charge on any atom is -0.465 e. The second kappa shape index (κ2) is 3.45. The topological polar surface area (TPSA) is 39.4 Å². The molecule has 0 radical (unpaired) electrons. The SMILES string of the molecule is OCCCc1occ(N2CC2)c1N1CC1. The molecule has 3 heterocycles. The van der Waals surface area contributed by atoms with Gasteiger partial charge in [-0.15, -0.1) is 0 Å². The summed E-state index contributed by atoms with van der Waals surface area (Å²) in [4.78, 5) is 4.66. The first-order valence-corrected chi connectivity index (χ1v) is 5.61. The van der Waals surface area contributed by atoms with E-state index in [1.165, 1.54) is 11.4 Å². The Morgan fingerprint density at radius 3 is 2.53 bits per heavy atom. The molecule has 0 amide bonds. The zero-order valence-electron chi connectivity index (χ0n) is 8.78. The average molecular weight is 208 g/mol. The van der Waals surface area contributed by atoms with E-state index in [9.17, 15) is 0 Å². The smallest absolute Gasteiger partial charge is 0.129 e. The number of aliphatic hydroxyl groups is 1. The van der Waals surface area contributed by atoms with Crippen molar-refractivity contribution in [3.63, 3.8) is 0 Å². The highest BCUT2D eigenvalue weighted by Gasteiger charge is 2.32. The molecule has 2 aliphatic rings. The van der Waals surface area contributed by atoms with Crippen molar-refractivity contribution >= 4 is 11.4 Å². The molecular weight excluding hydrogens is 192 g/mol.